The van der Waals surface area contributed by atoms with Crippen LogP contribution >= 0.6 is 0 Å². The molecule has 0 bridgehead atoms. The fraction of sp³-hybridized carbons (Fsp3) is 0.304. The van der Waals surface area contributed by atoms with Crippen molar-refractivity contribution < 1.29 is 14.6 Å². The first-order valence-corrected chi connectivity index (χ1v) is 9.90. The Bertz CT molecular complexity index is 1060. The zero-order chi connectivity index (χ0) is 20.0. The van der Waals surface area contributed by atoms with Gasteiger partial charge in [0.25, 0.3) is 0 Å². The van der Waals surface area contributed by atoms with Crippen LogP contribution in [0.2, 0.25) is 0 Å². The number of benzene rings is 1. The van der Waals surface area contributed by atoms with Gasteiger partial charge in [-0.2, -0.15) is 5.10 Å². The van der Waals surface area contributed by atoms with Crippen molar-refractivity contribution in [2.75, 3.05) is 0 Å². The van der Waals surface area contributed by atoms with Crippen molar-refractivity contribution in [1.29, 1.82) is 0 Å². The van der Waals surface area contributed by atoms with Gasteiger partial charge in [-0.3, -0.25) is 4.98 Å². The van der Waals surface area contributed by atoms with Crippen LogP contribution < -0.4 is 0 Å². The van der Waals surface area contributed by atoms with E-state index in [1.807, 2.05) is 24.3 Å². The number of aliphatic hydroxyl groups is 2. The molecule has 1 aromatic carbocycles. The summed E-state index contributed by atoms with van der Waals surface area (Å²) in [6.45, 7) is 0. The summed E-state index contributed by atoms with van der Waals surface area (Å²) in [6, 6.07) is 11.7. The molecule has 0 unspecified atom stereocenters. The molecule has 2 aliphatic rings. The standard InChI is InChI=1S/C23H22FN3O2/c24-18-6-8-19(9-7-18)27-21-11-16-4-5-17(23(16,29)13-15(21)14-26-27)12-22(28)20-3-1-2-10-25-20/h1-3,6-11,14,17,22,28-29H,4-5,12-13H2/t17-,22-,23+/m0/s1. The predicted molar refractivity (Wildman–Crippen MR) is 107 cm³/mol. The third-order valence-electron chi connectivity index (χ3n) is 6.26. The highest BCUT2D eigenvalue weighted by Crippen LogP contribution is 2.49. The van der Waals surface area contributed by atoms with E-state index < -0.39 is 11.7 Å². The van der Waals surface area contributed by atoms with E-state index in [2.05, 4.69) is 10.1 Å². The molecule has 0 amide bonds. The second-order valence-corrected chi connectivity index (χ2v) is 7.96. The summed E-state index contributed by atoms with van der Waals surface area (Å²) in [5.74, 6) is -0.333. The third kappa shape index (κ3) is 3.09. The van der Waals surface area contributed by atoms with Gasteiger partial charge in [-0.25, -0.2) is 9.07 Å². The number of halogens is 1. The number of nitrogens with zero attached hydrogens (tertiary/aromatic N) is 3. The molecule has 1 fully saturated rings. The maximum atomic E-state index is 13.3. The van der Waals surface area contributed by atoms with Gasteiger partial charge in [-0.05, 0) is 73.2 Å². The minimum atomic E-state index is -0.973. The average Bonchev–Trinajstić information content (AvgIpc) is 3.27. The van der Waals surface area contributed by atoms with Crippen molar-refractivity contribution in [3.63, 3.8) is 0 Å². The summed E-state index contributed by atoms with van der Waals surface area (Å²) >= 11 is 0. The summed E-state index contributed by atoms with van der Waals surface area (Å²) in [7, 11) is 0. The summed E-state index contributed by atoms with van der Waals surface area (Å²) in [6.07, 6.45) is 7.29. The van der Waals surface area contributed by atoms with E-state index in [1.165, 1.54) is 12.1 Å². The molecular formula is C23H22FN3O2. The van der Waals surface area contributed by atoms with Crippen LogP contribution in [-0.2, 0) is 6.42 Å². The lowest BCUT2D eigenvalue weighted by Gasteiger charge is -2.35. The van der Waals surface area contributed by atoms with E-state index >= 15 is 0 Å². The molecule has 2 N–H and O–H groups in total. The normalized spacial score (nSPS) is 24.0. The highest BCUT2D eigenvalue weighted by atomic mass is 19.1. The summed E-state index contributed by atoms with van der Waals surface area (Å²) in [5, 5.41) is 26.6. The lowest BCUT2D eigenvalue weighted by molar-refractivity contribution is 0.00831. The van der Waals surface area contributed by atoms with Gasteiger partial charge in [0.2, 0.25) is 0 Å². The minimum absolute atomic E-state index is 0.0481. The zero-order valence-corrected chi connectivity index (χ0v) is 15.9. The second kappa shape index (κ2) is 6.90. The quantitative estimate of drug-likeness (QED) is 0.713. The molecule has 3 aromatic rings. The molecule has 2 heterocycles. The van der Waals surface area contributed by atoms with E-state index in [4.69, 9.17) is 0 Å². The van der Waals surface area contributed by atoms with Gasteiger partial charge in [0.05, 0.1) is 35.0 Å². The van der Waals surface area contributed by atoms with E-state index in [9.17, 15) is 14.6 Å². The maximum Gasteiger partial charge on any atom is 0.123 e. The first-order valence-electron chi connectivity index (χ1n) is 9.90. The van der Waals surface area contributed by atoms with Gasteiger partial charge in [-0.1, -0.05) is 6.07 Å². The van der Waals surface area contributed by atoms with Gasteiger partial charge in [0.1, 0.15) is 5.82 Å². The Labute approximate surface area is 168 Å². The fourth-order valence-electron chi connectivity index (χ4n) is 4.70. The smallest absolute Gasteiger partial charge is 0.123 e. The molecule has 0 saturated heterocycles. The van der Waals surface area contributed by atoms with Crippen molar-refractivity contribution in [2.24, 2.45) is 5.92 Å². The van der Waals surface area contributed by atoms with Gasteiger partial charge in [0.15, 0.2) is 0 Å². The Morgan fingerprint density at radius 3 is 2.79 bits per heavy atom. The van der Waals surface area contributed by atoms with Gasteiger partial charge in [0, 0.05) is 18.2 Å². The molecule has 5 rings (SSSR count). The predicted octanol–water partition coefficient (Wildman–Crippen LogP) is 3.61. The Hall–Kier alpha value is -2.83. The Kier molecular flexibility index (Phi) is 4.33. The molecule has 0 radical (unpaired) electrons. The largest absolute Gasteiger partial charge is 0.387 e. The first kappa shape index (κ1) is 18.2. The van der Waals surface area contributed by atoms with E-state index in [0.29, 0.717) is 18.5 Å². The first-order chi connectivity index (χ1) is 14.0. The van der Waals surface area contributed by atoms with Crippen LogP contribution in [0.15, 0.2) is 60.4 Å². The van der Waals surface area contributed by atoms with Crippen LogP contribution in [0, 0.1) is 11.7 Å². The minimum Gasteiger partial charge on any atom is -0.387 e. The molecule has 3 atom stereocenters. The zero-order valence-electron chi connectivity index (χ0n) is 15.9. The van der Waals surface area contributed by atoms with Gasteiger partial charge in [-0.15, -0.1) is 0 Å². The number of rotatable bonds is 4. The van der Waals surface area contributed by atoms with Crippen molar-refractivity contribution in [3.05, 3.63) is 83.2 Å². The van der Waals surface area contributed by atoms with Crippen molar-refractivity contribution in [3.8, 4) is 5.69 Å². The SMILES string of the molecule is O[C@@H](C[C@@H]1CCC2=Cc3c(cnn3-c3ccc(F)cc3)C[C@@]21O)c1ccccn1. The molecule has 2 aromatic heterocycles. The Morgan fingerprint density at radius 1 is 1.21 bits per heavy atom. The lowest BCUT2D eigenvalue weighted by atomic mass is 9.76. The number of aliphatic hydroxyl groups excluding tert-OH is 1. The molecule has 2 aliphatic carbocycles. The Morgan fingerprint density at radius 2 is 2.03 bits per heavy atom. The molecule has 5 nitrogen and oxygen atoms in total. The monoisotopic (exact) mass is 391 g/mol. The van der Waals surface area contributed by atoms with E-state index in [1.54, 1.807) is 29.2 Å². The molecule has 6 heteroatoms. The van der Waals surface area contributed by atoms with Crippen molar-refractivity contribution in [1.82, 2.24) is 14.8 Å². The molecule has 29 heavy (non-hydrogen) atoms. The maximum absolute atomic E-state index is 13.3. The molecule has 0 aliphatic heterocycles. The second-order valence-electron chi connectivity index (χ2n) is 7.96. The van der Waals surface area contributed by atoms with Crippen LogP contribution in [0.5, 0.6) is 0 Å². The molecular weight excluding hydrogens is 369 g/mol. The number of aromatic nitrogens is 3. The average molecular weight is 391 g/mol. The summed E-state index contributed by atoms with van der Waals surface area (Å²) in [4.78, 5) is 4.24. The van der Waals surface area contributed by atoms with Crippen LogP contribution in [-0.4, -0.2) is 30.6 Å². The highest BCUT2D eigenvalue weighted by Gasteiger charge is 2.48. The van der Waals surface area contributed by atoms with Gasteiger partial charge < -0.3 is 10.2 Å². The molecule has 0 spiro atoms. The highest BCUT2D eigenvalue weighted by molar-refractivity contribution is 5.62. The van der Waals surface area contributed by atoms with Crippen LogP contribution in [0.3, 0.4) is 0 Å². The molecule has 148 valence electrons. The number of hydrogen-bond donors (Lipinski definition) is 2. The van der Waals surface area contributed by atoms with Crippen LogP contribution in [0.25, 0.3) is 11.8 Å². The van der Waals surface area contributed by atoms with Crippen LogP contribution in [0.4, 0.5) is 4.39 Å². The van der Waals surface area contributed by atoms with Crippen molar-refractivity contribution in [2.45, 2.75) is 37.4 Å². The third-order valence-corrected chi connectivity index (χ3v) is 6.26. The van der Waals surface area contributed by atoms with Gasteiger partial charge >= 0.3 is 0 Å². The topological polar surface area (TPSA) is 71.2 Å². The Balaban J connectivity index is 1.43. The van der Waals surface area contributed by atoms with E-state index in [-0.39, 0.29) is 11.7 Å². The number of hydrogen-bond acceptors (Lipinski definition) is 4. The number of pyridine rings is 1. The van der Waals surface area contributed by atoms with E-state index in [0.717, 1.165) is 35.4 Å². The molecule has 1 saturated carbocycles. The summed E-state index contributed by atoms with van der Waals surface area (Å²) in [5.41, 5.74) is 3.32. The lowest BCUT2D eigenvalue weighted by Crippen LogP contribution is -2.39. The van der Waals surface area contributed by atoms with Crippen molar-refractivity contribution >= 4 is 6.08 Å². The number of fused-ring (bicyclic) bond motifs is 2. The summed E-state index contributed by atoms with van der Waals surface area (Å²) < 4.78 is 15.1. The van der Waals surface area contributed by atoms with Crippen LogP contribution in [0.1, 0.15) is 42.3 Å². The fourth-order valence-corrected chi connectivity index (χ4v) is 4.70.